The highest BCUT2D eigenvalue weighted by Gasteiger charge is 2.51. The van der Waals surface area contributed by atoms with Crippen LogP contribution in [0.4, 0.5) is 0 Å². The van der Waals surface area contributed by atoms with Crippen LogP contribution in [0.15, 0.2) is 60.7 Å². The van der Waals surface area contributed by atoms with Crippen molar-refractivity contribution in [1.29, 1.82) is 0 Å². The minimum atomic E-state index is -0.496. The molecule has 128 valence electrons. The predicted octanol–water partition coefficient (Wildman–Crippen LogP) is 3.00. The Morgan fingerprint density at radius 1 is 0.720 bits per heavy atom. The zero-order valence-corrected chi connectivity index (χ0v) is 13.5. The standard InChI is InChI=1S/C20H18O5/c21-19(13-7-3-1-4-8-13)24-17-11-15-16(23-15)12-18(17)25-20(22)14-9-5-2-6-10-14/h1-10,15-18H,11-12H2/t15?,16?,17-,18+. The molecule has 25 heavy (non-hydrogen) atoms. The van der Waals surface area contributed by atoms with Crippen molar-refractivity contribution in [3.05, 3.63) is 71.8 Å². The van der Waals surface area contributed by atoms with Crippen LogP contribution in [-0.2, 0) is 14.2 Å². The molecular weight excluding hydrogens is 320 g/mol. The Balaban J connectivity index is 1.45. The van der Waals surface area contributed by atoms with Crippen LogP contribution in [0, 0.1) is 0 Å². The van der Waals surface area contributed by atoms with E-state index in [1.807, 2.05) is 12.1 Å². The number of hydrogen-bond donors (Lipinski definition) is 0. The monoisotopic (exact) mass is 338 g/mol. The number of hydrogen-bond acceptors (Lipinski definition) is 5. The first-order valence-electron chi connectivity index (χ1n) is 8.38. The Labute approximate surface area is 145 Å². The molecule has 1 saturated heterocycles. The van der Waals surface area contributed by atoms with E-state index in [-0.39, 0.29) is 12.2 Å². The van der Waals surface area contributed by atoms with E-state index in [2.05, 4.69) is 0 Å². The molecule has 0 amide bonds. The van der Waals surface area contributed by atoms with Crippen molar-refractivity contribution < 1.29 is 23.8 Å². The molecule has 2 aromatic rings. The molecule has 4 rings (SSSR count). The third kappa shape index (κ3) is 3.56. The molecule has 4 atom stereocenters. The number of esters is 2. The maximum absolute atomic E-state index is 12.3. The zero-order chi connectivity index (χ0) is 17.2. The molecule has 5 nitrogen and oxygen atoms in total. The Bertz CT molecular complexity index is 693. The molecule has 0 aromatic heterocycles. The van der Waals surface area contributed by atoms with Gasteiger partial charge in [0.15, 0.2) is 0 Å². The highest BCUT2D eigenvalue weighted by atomic mass is 16.6. The molecule has 1 heterocycles. The first-order valence-corrected chi connectivity index (χ1v) is 8.38. The second-order valence-electron chi connectivity index (χ2n) is 6.30. The van der Waals surface area contributed by atoms with Gasteiger partial charge in [0.2, 0.25) is 0 Å². The lowest BCUT2D eigenvalue weighted by molar-refractivity contribution is -0.0466. The Kier molecular flexibility index (Phi) is 4.24. The van der Waals surface area contributed by atoms with Gasteiger partial charge in [0.1, 0.15) is 12.2 Å². The topological polar surface area (TPSA) is 65.1 Å². The minimum absolute atomic E-state index is 0.0975. The summed E-state index contributed by atoms with van der Waals surface area (Å²) in [7, 11) is 0. The number of carbonyl (C=O) groups is 2. The summed E-state index contributed by atoms with van der Waals surface area (Å²) in [6, 6.07) is 17.6. The Hall–Kier alpha value is -2.66. The number of epoxide rings is 1. The van der Waals surface area contributed by atoms with Crippen LogP contribution in [0.5, 0.6) is 0 Å². The van der Waals surface area contributed by atoms with Gasteiger partial charge in [0.25, 0.3) is 0 Å². The molecule has 2 unspecified atom stereocenters. The molecule has 5 heteroatoms. The maximum Gasteiger partial charge on any atom is 0.338 e. The predicted molar refractivity (Wildman–Crippen MR) is 89.2 cm³/mol. The van der Waals surface area contributed by atoms with Gasteiger partial charge in [-0.05, 0) is 24.3 Å². The van der Waals surface area contributed by atoms with Crippen molar-refractivity contribution in [3.8, 4) is 0 Å². The lowest BCUT2D eigenvalue weighted by atomic mass is 9.94. The summed E-state index contributed by atoms with van der Waals surface area (Å²) < 4.78 is 16.8. The van der Waals surface area contributed by atoms with E-state index in [0.29, 0.717) is 24.0 Å². The van der Waals surface area contributed by atoms with Crippen molar-refractivity contribution in [2.45, 2.75) is 37.3 Å². The second-order valence-corrected chi connectivity index (χ2v) is 6.30. The van der Waals surface area contributed by atoms with Crippen molar-refractivity contribution in [3.63, 3.8) is 0 Å². The van der Waals surface area contributed by atoms with Gasteiger partial charge in [0.05, 0.1) is 23.3 Å². The molecule has 0 bridgehead atoms. The lowest BCUT2D eigenvalue weighted by Gasteiger charge is -2.28. The smallest absolute Gasteiger partial charge is 0.338 e. The van der Waals surface area contributed by atoms with Crippen LogP contribution >= 0.6 is 0 Å². The lowest BCUT2D eigenvalue weighted by Crippen LogP contribution is -2.40. The Morgan fingerprint density at radius 2 is 1.12 bits per heavy atom. The van der Waals surface area contributed by atoms with Gasteiger partial charge >= 0.3 is 11.9 Å². The van der Waals surface area contributed by atoms with Crippen molar-refractivity contribution >= 4 is 11.9 Å². The summed E-state index contributed by atoms with van der Waals surface area (Å²) in [4.78, 5) is 24.7. The van der Waals surface area contributed by atoms with Crippen LogP contribution < -0.4 is 0 Å². The third-order valence-corrected chi connectivity index (χ3v) is 4.57. The quantitative estimate of drug-likeness (QED) is 0.633. The normalized spacial score (nSPS) is 27.0. The average molecular weight is 338 g/mol. The van der Waals surface area contributed by atoms with Gasteiger partial charge < -0.3 is 14.2 Å². The maximum atomic E-state index is 12.3. The molecule has 0 radical (unpaired) electrons. The molecule has 0 spiro atoms. The van der Waals surface area contributed by atoms with E-state index < -0.39 is 24.1 Å². The van der Waals surface area contributed by atoms with Crippen LogP contribution in [0.25, 0.3) is 0 Å². The second kappa shape index (κ2) is 6.69. The highest BCUT2D eigenvalue weighted by Crippen LogP contribution is 2.39. The van der Waals surface area contributed by atoms with Crippen LogP contribution in [-0.4, -0.2) is 36.4 Å². The van der Waals surface area contributed by atoms with Crippen LogP contribution in [0.2, 0.25) is 0 Å². The molecular formula is C20H18O5. The molecule has 2 aliphatic rings. The summed E-state index contributed by atoms with van der Waals surface area (Å²) in [5.41, 5.74) is 0.962. The number of fused-ring (bicyclic) bond motifs is 1. The van der Waals surface area contributed by atoms with Gasteiger partial charge in [-0.15, -0.1) is 0 Å². The first-order chi connectivity index (χ1) is 12.2. The van der Waals surface area contributed by atoms with Crippen LogP contribution in [0.1, 0.15) is 33.6 Å². The third-order valence-electron chi connectivity index (χ3n) is 4.57. The molecule has 2 aromatic carbocycles. The largest absolute Gasteiger partial charge is 0.455 e. The fourth-order valence-electron chi connectivity index (χ4n) is 3.16. The highest BCUT2D eigenvalue weighted by molar-refractivity contribution is 5.90. The fraction of sp³-hybridized carbons (Fsp3) is 0.300. The number of ether oxygens (including phenoxy) is 3. The summed E-state index contributed by atoms with van der Waals surface area (Å²) >= 11 is 0. The SMILES string of the molecule is O=C(O[C@H]1CC2OC2C[C@H]1OC(=O)c1ccccc1)c1ccccc1. The van der Waals surface area contributed by atoms with Gasteiger partial charge in [-0.25, -0.2) is 9.59 Å². The number of carbonyl (C=O) groups excluding carboxylic acids is 2. The van der Waals surface area contributed by atoms with Gasteiger partial charge in [-0.2, -0.15) is 0 Å². The molecule has 2 fully saturated rings. The number of benzene rings is 2. The van der Waals surface area contributed by atoms with Crippen LogP contribution in [0.3, 0.4) is 0 Å². The summed E-state index contributed by atoms with van der Waals surface area (Å²) in [6.45, 7) is 0. The van der Waals surface area contributed by atoms with Crippen molar-refractivity contribution in [2.75, 3.05) is 0 Å². The van der Waals surface area contributed by atoms with E-state index in [1.165, 1.54) is 0 Å². The van der Waals surface area contributed by atoms with Gasteiger partial charge in [-0.3, -0.25) is 0 Å². The van der Waals surface area contributed by atoms with E-state index in [0.717, 1.165) is 0 Å². The Morgan fingerprint density at radius 3 is 1.52 bits per heavy atom. The average Bonchev–Trinajstić information content (AvgIpc) is 3.41. The summed E-state index contributed by atoms with van der Waals surface area (Å²) in [5.74, 6) is -0.823. The summed E-state index contributed by atoms with van der Waals surface area (Å²) in [5, 5.41) is 0. The van der Waals surface area contributed by atoms with E-state index in [9.17, 15) is 9.59 Å². The molecule has 1 aliphatic heterocycles. The van der Waals surface area contributed by atoms with Gasteiger partial charge in [-0.1, -0.05) is 36.4 Å². The van der Waals surface area contributed by atoms with Crippen molar-refractivity contribution in [2.24, 2.45) is 0 Å². The van der Waals surface area contributed by atoms with E-state index >= 15 is 0 Å². The van der Waals surface area contributed by atoms with E-state index in [4.69, 9.17) is 14.2 Å². The molecule has 1 saturated carbocycles. The minimum Gasteiger partial charge on any atom is -0.455 e. The van der Waals surface area contributed by atoms with E-state index in [1.54, 1.807) is 48.5 Å². The van der Waals surface area contributed by atoms with Crippen molar-refractivity contribution in [1.82, 2.24) is 0 Å². The van der Waals surface area contributed by atoms with Gasteiger partial charge in [0, 0.05) is 12.8 Å². The molecule has 1 aliphatic carbocycles. The first kappa shape index (κ1) is 15.8. The fourth-order valence-corrected chi connectivity index (χ4v) is 3.16. The summed E-state index contributed by atoms with van der Waals surface area (Å²) in [6.07, 6.45) is 0.306. The zero-order valence-electron chi connectivity index (χ0n) is 13.5. The number of rotatable bonds is 4. The molecule has 0 N–H and O–H groups in total.